The lowest BCUT2D eigenvalue weighted by atomic mass is 9.98. The number of hydrogen-bond donors (Lipinski definition) is 18. The molecule has 562 valence electrons. The van der Waals surface area contributed by atoms with Crippen LogP contribution in [-0.4, -0.2) is 208 Å². The number of carboxylic acids is 2. The summed E-state index contributed by atoms with van der Waals surface area (Å²) in [5, 5.41) is 63.7. The zero-order chi connectivity index (χ0) is 76.0. The highest BCUT2D eigenvalue weighted by atomic mass is 33.1. The number of para-hydroxylation sites is 2. The second-order valence-corrected chi connectivity index (χ2v) is 30.4. The average molecular weight is 1470 g/mol. The van der Waals surface area contributed by atoms with Crippen molar-refractivity contribution < 1.29 is 77.6 Å². The molecule has 1 saturated heterocycles. The van der Waals surface area contributed by atoms with E-state index in [0.717, 1.165) is 28.5 Å². The molecule has 0 spiro atoms. The summed E-state index contributed by atoms with van der Waals surface area (Å²) < 4.78 is 0. The van der Waals surface area contributed by atoms with Gasteiger partial charge >= 0.3 is 11.9 Å². The van der Waals surface area contributed by atoms with Gasteiger partial charge in [-0.25, -0.2) is 9.78 Å². The Morgan fingerprint density at radius 2 is 1.07 bits per heavy atom. The minimum atomic E-state index is -1.86. The van der Waals surface area contributed by atoms with Crippen LogP contribution in [0, 0.1) is 17.8 Å². The zero-order valence-corrected chi connectivity index (χ0v) is 61.2. The number of carbonyl (C=O) groups is 13. The van der Waals surface area contributed by atoms with Gasteiger partial charge < -0.3 is 94.1 Å². The van der Waals surface area contributed by atoms with Gasteiger partial charge in [-0.2, -0.15) is 0 Å². The predicted octanol–water partition coefficient (Wildman–Crippen LogP) is 0.614. The van der Waals surface area contributed by atoms with Crippen molar-refractivity contribution in [2.75, 3.05) is 18.1 Å². The van der Waals surface area contributed by atoms with Gasteiger partial charge in [-0.1, -0.05) is 99.5 Å². The summed E-state index contributed by atoms with van der Waals surface area (Å²) in [5.41, 5.74) is 2.14. The Morgan fingerprint density at radius 3 is 1.58 bits per heavy atom. The molecule has 3 aromatic heterocycles. The van der Waals surface area contributed by atoms with Crippen LogP contribution in [-0.2, 0) is 81.6 Å². The lowest BCUT2D eigenvalue weighted by Gasteiger charge is -2.29. The van der Waals surface area contributed by atoms with Gasteiger partial charge in [0.15, 0.2) is 6.04 Å². The SMILES string of the molecule is CC(C)C[C@@H]1NC(=O)[C@H](Cc2cnc[nH]2)NC(=O)[C@H](Cc2c[nH]c3ccccc23)NC(=O)[C@H](C)NC(=O)[C@@H](NC(C)(C)C)CSSCC(C(=O)N[C@H](C(=O)O)[C@@H](C)O)NC(=O)[C@H](Cc2c[nH]c3ccccc23)NC(=O)[C@H](C(C)C)NC(=O)[C@H](CC(C)C)NC(=O)[C@H](CCC(=O)O)NC(=O)CNC1=O. The molecule has 32 nitrogen and oxygen atoms in total. The highest BCUT2D eigenvalue weighted by molar-refractivity contribution is 8.76. The fraction of sp³-hybridized carbons (Fsp3) is 0.536. The number of amides is 11. The van der Waals surface area contributed by atoms with Crippen molar-refractivity contribution in [1.82, 2.24) is 83.7 Å². The van der Waals surface area contributed by atoms with Crippen LogP contribution in [0.2, 0.25) is 0 Å². The Labute approximate surface area is 604 Å². The Balaban J connectivity index is 1.41. The summed E-state index contributed by atoms with van der Waals surface area (Å²) >= 11 is 0. The molecule has 2 aromatic carbocycles. The molecule has 1 aliphatic heterocycles. The van der Waals surface area contributed by atoms with Crippen LogP contribution >= 0.6 is 21.6 Å². The van der Waals surface area contributed by atoms with E-state index in [9.17, 15) is 77.6 Å². The lowest BCUT2D eigenvalue weighted by molar-refractivity contribution is -0.145. The zero-order valence-electron chi connectivity index (χ0n) is 59.6. The normalized spacial score (nSPS) is 23.6. The van der Waals surface area contributed by atoms with E-state index in [1.165, 1.54) is 19.4 Å². The number of carbonyl (C=O) groups excluding carboxylic acids is 11. The number of aromatic amines is 3. The fourth-order valence-electron chi connectivity index (χ4n) is 11.3. The molecule has 0 bridgehead atoms. The predicted molar refractivity (Wildman–Crippen MR) is 386 cm³/mol. The molecule has 18 N–H and O–H groups in total. The minimum Gasteiger partial charge on any atom is -0.481 e. The van der Waals surface area contributed by atoms with E-state index in [1.54, 1.807) is 111 Å². The van der Waals surface area contributed by atoms with E-state index in [4.69, 9.17) is 0 Å². The first kappa shape index (κ1) is 82.4. The lowest BCUT2D eigenvalue weighted by Crippen LogP contribution is -2.61. The van der Waals surface area contributed by atoms with Crippen molar-refractivity contribution in [3.05, 3.63) is 90.3 Å². The van der Waals surface area contributed by atoms with Crippen LogP contribution in [0.15, 0.2) is 73.4 Å². The highest BCUT2D eigenvalue weighted by Crippen LogP contribution is 2.26. The molecule has 1 unspecified atom stereocenters. The average Bonchev–Trinajstić information content (AvgIpc) is 1.69. The Kier molecular flexibility index (Phi) is 30.9. The molecule has 12 atom stereocenters. The summed E-state index contributed by atoms with van der Waals surface area (Å²) in [5.74, 6) is -14.5. The largest absolute Gasteiger partial charge is 0.481 e. The quantitative estimate of drug-likeness (QED) is 0.0504. The van der Waals surface area contributed by atoms with E-state index >= 15 is 0 Å². The maximum atomic E-state index is 15.0. The number of aliphatic hydroxyl groups excluding tert-OH is 1. The number of aliphatic carboxylic acids is 2. The summed E-state index contributed by atoms with van der Waals surface area (Å²) in [6.45, 7) is 17.3. The fourth-order valence-corrected chi connectivity index (χ4v) is 13.7. The molecule has 11 amide bonds. The maximum Gasteiger partial charge on any atom is 0.328 e. The molecule has 34 heteroatoms. The van der Waals surface area contributed by atoms with Crippen LogP contribution in [0.5, 0.6) is 0 Å². The molecule has 103 heavy (non-hydrogen) atoms. The van der Waals surface area contributed by atoms with E-state index in [0.29, 0.717) is 38.6 Å². The first-order valence-corrected chi connectivity index (χ1v) is 36.6. The number of aromatic nitrogens is 4. The third-order valence-corrected chi connectivity index (χ3v) is 19.1. The summed E-state index contributed by atoms with van der Waals surface area (Å²) in [4.78, 5) is 197. The monoisotopic (exact) mass is 1470 g/mol. The number of rotatable bonds is 19. The number of imidazole rings is 1. The van der Waals surface area contributed by atoms with Crippen LogP contribution in [0.4, 0.5) is 0 Å². The van der Waals surface area contributed by atoms with Crippen LogP contribution in [0.3, 0.4) is 0 Å². The van der Waals surface area contributed by atoms with E-state index in [2.05, 4.69) is 83.7 Å². The van der Waals surface area contributed by atoms with Crippen molar-refractivity contribution >= 4 is 120 Å². The summed E-state index contributed by atoms with van der Waals surface area (Å²) in [6.07, 6.45) is 2.63. The number of benzene rings is 2. The van der Waals surface area contributed by atoms with Gasteiger partial charge in [0.25, 0.3) is 0 Å². The molecular formula is C69H98N16O16S2. The van der Waals surface area contributed by atoms with Gasteiger partial charge in [0.2, 0.25) is 65.0 Å². The number of aliphatic hydroxyl groups is 1. The molecule has 1 fully saturated rings. The van der Waals surface area contributed by atoms with E-state index < -0.39 is 180 Å². The van der Waals surface area contributed by atoms with Gasteiger partial charge in [0.05, 0.1) is 25.0 Å². The first-order chi connectivity index (χ1) is 48.6. The van der Waals surface area contributed by atoms with Crippen LogP contribution < -0.4 is 63.8 Å². The third kappa shape index (κ3) is 25.7. The Bertz CT molecular complexity index is 3800. The number of fused-ring (bicyclic) bond motifs is 2. The third-order valence-electron chi connectivity index (χ3n) is 16.6. The Morgan fingerprint density at radius 1 is 0.573 bits per heavy atom. The molecular weight excluding hydrogens is 1370 g/mol. The first-order valence-electron chi connectivity index (χ1n) is 34.1. The van der Waals surface area contributed by atoms with Gasteiger partial charge in [0, 0.05) is 88.8 Å². The number of hydrogen-bond acceptors (Lipinski definition) is 18. The van der Waals surface area contributed by atoms with Crippen molar-refractivity contribution in [3.63, 3.8) is 0 Å². The van der Waals surface area contributed by atoms with Gasteiger partial charge in [-0.15, -0.1) is 0 Å². The second-order valence-electron chi connectivity index (χ2n) is 27.8. The van der Waals surface area contributed by atoms with E-state index in [1.807, 2.05) is 12.1 Å². The van der Waals surface area contributed by atoms with Crippen molar-refractivity contribution in [3.8, 4) is 0 Å². The van der Waals surface area contributed by atoms with Gasteiger partial charge in [-0.05, 0) is 94.9 Å². The molecule has 6 rings (SSSR count). The second kappa shape index (κ2) is 38.6. The summed E-state index contributed by atoms with van der Waals surface area (Å²) in [7, 11) is 2.04. The smallest absolute Gasteiger partial charge is 0.328 e. The molecule has 0 radical (unpaired) electrons. The number of H-pyrrole nitrogens is 3. The van der Waals surface area contributed by atoms with Crippen LogP contribution in [0.25, 0.3) is 21.8 Å². The Hall–Kier alpha value is -9.54. The highest BCUT2D eigenvalue weighted by Gasteiger charge is 2.38. The van der Waals surface area contributed by atoms with Gasteiger partial charge in [0.1, 0.15) is 54.4 Å². The molecule has 4 heterocycles. The number of nitrogens with zero attached hydrogens (tertiary/aromatic N) is 1. The summed E-state index contributed by atoms with van der Waals surface area (Å²) in [6, 6.07) is -1.88. The topological polar surface area (TPSA) is 487 Å². The maximum absolute atomic E-state index is 15.0. The van der Waals surface area contributed by atoms with E-state index in [-0.39, 0.29) is 55.4 Å². The van der Waals surface area contributed by atoms with Crippen molar-refractivity contribution in [2.24, 2.45) is 17.8 Å². The minimum absolute atomic E-state index is 0.000899. The molecule has 1 aliphatic rings. The van der Waals surface area contributed by atoms with Gasteiger partial charge in [-0.3, -0.25) is 57.5 Å². The number of nitrogens with one attached hydrogen (secondary N) is 15. The molecule has 5 aromatic rings. The molecule has 0 saturated carbocycles. The van der Waals surface area contributed by atoms with Crippen LogP contribution in [0.1, 0.15) is 119 Å². The van der Waals surface area contributed by atoms with Crippen molar-refractivity contribution in [1.29, 1.82) is 0 Å². The number of carboxylic acid groups (broad SMARTS) is 2. The standard InChI is InChI=1S/C69H98N16O16S2/c1-34(2)22-47-59(91)73-30-54(87)76-46(20-21-55(88)89)60(92)79-48(23-35(3)4)64(96)83-56(36(5)6)67(99)81-50(25-40-28-72-45-19-15-13-17-43(40)45)62(94)82-52(65(97)84-57(38(8)86)68(100)101)31-102-103-32-53(85-69(9,10)11)66(98)75-37(7)58(90)77-49(24-39-27-71-44-18-14-12-16-42(39)44)61(93)80-51(63(95)78-47)26-41-29-70-33-74-41/h12-19,27-29,33-38,46-53,56-57,71-72,85-86H,20-26,30-32H2,1-11H3,(H,70,74)(H,73,91)(H,75,98)(H,76,87)(H,77,90)(H,78,95)(H,79,92)(H,80,93)(H,81,99)(H,82,94)(H,83,96)(H,84,97)(H,88,89)(H,100,101)/t37-,38+,46-,47-,48-,49-,50-,51-,52?,53-,56-,57-/m0/s1. The van der Waals surface area contributed by atoms with Crippen molar-refractivity contribution in [2.45, 2.75) is 199 Å². The molecule has 0 aliphatic carbocycles.